The number of hydrogen-bond donors (Lipinski definition) is 7. The zero-order valence-corrected chi connectivity index (χ0v) is 25.3. The zero-order chi connectivity index (χ0) is 32.5. The summed E-state index contributed by atoms with van der Waals surface area (Å²) < 4.78 is 13.9. The summed E-state index contributed by atoms with van der Waals surface area (Å²) >= 11 is 0. The van der Waals surface area contributed by atoms with Crippen LogP contribution in [0.1, 0.15) is 64.0 Å². The van der Waals surface area contributed by atoms with Crippen LogP contribution in [0.3, 0.4) is 0 Å². The first-order valence-corrected chi connectivity index (χ1v) is 14.0. The number of aromatic nitrogens is 2. The molecule has 0 unspecified atom stereocenters. The van der Waals surface area contributed by atoms with Gasteiger partial charge in [-0.15, -0.1) is 0 Å². The lowest BCUT2D eigenvalue weighted by Gasteiger charge is -2.31. The molecule has 2 rings (SSSR count). The van der Waals surface area contributed by atoms with Gasteiger partial charge >= 0.3 is 5.69 Å². The van der Waals surface area contributed by atoms with Gasteiger partial charge in [-0.3, -0.25) is 29.0 Å². The first-order chi connectivity index (χ1) is 20.0. The highest BCUT2D eigenvalue weighted by Crippen LogP contribution is 2.15. The molecule has 3 atom stereocenters. The summed E-state index contributed by atoms with van der Waals surface area (Å²) in [6, 6.07) is 6.36. The molecule has 4 amide bonds. The summed E-state index contributed by atoms with van der Waals surface area (Å²) in [6.45, 7) is 10.5. The van der Waals surface area contributed by atoms with Gasteiger partial charge in [-0.1, -0.05) is 58.0 Å². The van der Waals surface area contributed by atoms with Crippen LogP contribution in [0.15, 0.2) is 39.9 Å². The smallest absolute Gasteiger partial charge is 0.326 e. The Hall–Kier alpha value is -4.33. The lowest BCUT2D eigenvalue weighted by atomic mass is 9.93. The van der Waals surface area contributed by atoms with Crippen molar-refractivity contribution < 1.29 is 23.6 Å². The Kier molecular flexibility index (Phi) is 12.4. The van der Waals surface area contributed by atoms with E-state index in [9.17, 15) is 33.2 Å². The Morgan fingerprint density at radius 3 is 2.14 bits per heavy atom. The number of amides is 4. The number of aromatic amines is 2. The molecule has 43 heavy (non-hydrogen) atoms. The summed E-state index contributed by atoms with van der Waals surface area (Å²) in [6.07, 6.45) is 0.925. The number of carbonyl (C=O) groups excluding carboxylic acids is 4. The second-order valence-corrected chi connectivity index (χ2v) is 11.9. The Balaban J connectivity index is 2.06. The van der Waals surface area contributed by atoms with Gasteiger partial charge in [0.15, 0.2) is 0 Å². The molecule has 0 aliphatic carbocycles. The monoisotopic (exact) mass is 603 g/mol. The molecule has 0 spiro atoms. The topological polar surface area (TPSA) is 208 Å². The van der Waals surface area contributed by atoms with Crippen LogP contribution in [0, 0.1) is 17.7 Å². The summed E-state index contributed by atoms with van der Waals surface area (Å²) in [5, 5.41) is 10.5. The highest BCUT2D eigenvalue weighted by molar-refractivity contribution is 5.95. The van der Waals surface area contributed by atoms with Crippen molar-refractivity contribution in [3.8, 4) is 0 Å². The van der Waals surface area contributed by atoms with Crippen LogP contribution in [0.25, 0.3) is 0 Å². The highest BCUT2D eigenvalue weighted by atomic mass is 19.1. The standard InChI is InChI=1S/C29H42FN7O6/c1-15(2)12-19(24(39)37-29(5,6)13-17-10-8-7-9-11-17)33-27(42)21(16(3)4)34-23(38)18(31)14-32-26(41)22-20(30)25(40)36-28(43)35-22/h7-11,15-16,18-19,21H,12-14,31H2,1-6H3,(H,32,41)(H,33,42)(H,34,38)(H,37,39)(H2,35,36,40,43)/t18-,19-,21-/m0/s1. The predicted molar refractivity (Wildman–Crippen MR) is 158 cm³/mol. The molecule has 1 aromatic carbocycles. The number of nitrogens with two attached hydrogens (primary N) is 1. The van der Waals surface area contributed by atoms with Crippen LogP contribution in [0.4, 0.5) is 4.39 Å². The predicted octanol–water partition coefficient (Wildman–Crippen LogP) is 0.0686. The number of nitrogens with one attached hydrogen (secondary N) is 6. The summed E-state index contributed by atoms with van der Waals surface area (Å²) in [4.78, 5) is 78.0. The molecule has 1 aromatic heterocycles. The Labute approximate surface area is 249 Å². The number of rotatable bonds is 14. The van der Waals surface area contributed by atoms with Crippen molar-refractivity contribution in [2.45, 2.75) is 78.0 Å². The molecule has 13 nitrogen and oxygen atoms in total. The van der Waals surface area contributed by atoms with Crippen molar-refractivity contribution in [2.24, 2.45) is 17.6 Å². The molecular weight excluding hydrogens is 561 g/mol. The van der Waals surface area contributed by atoms with E-state index in [4.69, 9.17) is 5.73 Å². The van der Waals surface area contributed by atoms with E-state index in [1.54, 1.807) is 18.8 Å². The quantitative estimate of drug-likeness (QED) is 0.158. The van der Waals surface area contributed by atoms with Crippen molar-refractivity contribution in [3.05, 3.63) is 68.2 Å². The lowest BCUT2D eigenvalue weighted by molar-refractivity contribution is -0.134. The molecule has 8 N–H and O–H groups in total. The maximum atomic E-state index is 13.9. The molecule has 0 radical (unpaired) electrons. The second-order valence-electron chi connectivity index (χ2n) is 11.9. The normalized spacial score (nSPS) is 13.6. The minimum absolute atomic E-state index is 0.0670. The van der Waals surface area contributed by atoms with E-state index >= 15 is 0 Å². The van der Waals surface area contributed by atoms with Crippen molar-refractivity contribution >= 4 is 23.6 Å². The van der Waals surface area contributed by atoms with Gasteiger partial charge in [0.2, 0.25) is 23.5 Å². The van der Waals surface area contributed by atoms with Gasteiger partial charge in [-0.25, -0.2) is 4.79 Å². The lowest BCUT2D eigenvalue weighted by Crippen LogP contribution is -2.60. The van der Waals surface area contributed by atoms with E-state index in [-0.39, 0.29) is 11.8 Å². The van der Waals surface area contributed by atoms with Gasteiger partial charge in [0, 0.05) is 12.1 Å². The minimum Gasteiger partial charge on any atom is -0.349 e. The number of benzene rings is 1. The Bertz CT molecular complexity index is 1400. The maximum Gasteiger partial charge on any atom is 0.326 e. The largest absolute Gasteiger partial charge is 0.349 e. The third-order valence-corrected chi connectivity index (χ3v) is 6.47. The maximum absolute atomic E-state index is 13.9. The average Bonchev–Trinajstić information content (AvgIpc) is 2.90. The number of halogens is 1. The van der Waals surface area contributed by atoms with Crippen LogP contribution < -0.4 is 38.2 Å². The molecule has 236 valence electrons. The number of carbonyl (C=O) groups is 4. The Morgan fingerprint density at radius 2 is 1.56 bits per heavy atom. The van der Waals surface area contributed by atoms with E-state index in [1.165, 1.54) is 0 Å². The van der Waals surface area contributed by atoms with Crippen molar-refractivity contribution in [3.63, 3.8) is 0 Å². The first kappa shape index (κ1) is 34.9. The van der Waals surface area contributed by atoms with E-state index in [0.29, 0.717) is 12.8 Å². The SMILES string of the molecule is CC(C)C[C@H](NC(=O)[C@@H](NC(=O)[C@@H](N)CNC(=O)c1[nH]c(=O)[nH]c(=O)c1F)C(C)C)C(=O)NC(C)(C)Cc1ccccc1. The molecule has 1 heterocycles. The van der Waals surface area contributed by atoms with Gasteiger partial charge in [0.1, 0.15) is 23.8 Å². The van der Waals surface area contributed by atoms with Gasteiger partial charge in [0.05, 0.1) is 0 Å². The zero-order valence-electron chi connectivity index (χ0n) is 25.3. The van der Waals surface area contributed by atoms with Crippen LogP contribution in [-0.2, 0) is 20.8 Å². The van der Waals surface area contributed by atoms with Gasteiger partial charge in [-0.05, 0) is 44.1 Å². The van der Waals surface area contributed by atoms with Crippen LogP contribution in [0.2, 0.25) is 0 Å². The van der Waals surface area contributed by atoms with Crippen LogP contribution in [0.5, 0.6) is 0 Å². The minimum atomic E-state index is -1.50. The van der Waals surface area contributed by atoms with Gasteiger partial charge < -0.3 is 32.0 Å². The summed E-state index contributed by atoms with van der Waals surface area (Å²) in [5.74, 6) is -4.76. The number of H-pyrrole nitrogens is 2. The third kappa shape index (κ3) is 10.8. The van der Waals surface area contributed by atoms with Crippen molar-refractivity contribution in [1.29, 1.82) is 0 Å². The highest BCUT2D eigenvalue weighted by Gasteiger charge is 2.32. The number of hydrogen-bond acceptors (Lipinski definition) is 7. The molecular formula is C29H42FN7O6. The van der Waals surface area contributed by atoms with Crippen LogP contribution >= 0.6 is 0 Å². The molecule has 0 bridgehead atoms. The fourth-order valence-corrected chi connectivity index (χ4v) is 4.34. The molecule has 0 aliphatic heterocycles. The fourth-order valence-electron chi connectivity index (χ4n) is 4.34. The van der Waals surface area contributed by atoms with Gasteiger partial charge in [-0.2, -0.15) is 4.39 Å². The van der Waals surface area contributed by atoms with Gasteiger partial charge in [0.25, 0.3) is 11.5 Å². The molecule has 0 saturated heterocycles. The average molecular weight is 604 g/mol. The fraction of sp³-hybridized carbons (Fsp3) is 0.517. The Morgan fingerprint density at radius 1 is 0.930 bits per heavy atom. The molecule has 2 aromatic rings. The molecule has 0 fully saturated rings. The van der Waals surface area contributed by atoms with E-state index in [0.717, 1.165) is 5.56 Å². The molecule has 0 saturated carbocycles. The summed E-state index contributed by atoms with van der Waals surface area (Å²) in [5.41, 5.74) is 2.93. The first-order valence-electron chi connectivity index (χ1n) is 14.0. The third-order valence-electron chi connectivity index (χ3n) is 6.47. The van der Waals surface area contributed by atoms with Crippen molar-refractivity contribution in [1.82, 2.24) is 31.2 Å². The van der Waals surface area contributed by atoms with Crippen LogP contribution in [-0.4, -0.2) is 63.8 Å². The molecule has 0 aliphatic rings. The van der Waals surface area contributed by atoms with E-state index in [2.05, 4.69) is 21.3 Å². The van der Waals surface area contributed by atoms with E-state index in [1.807, 2.05) is 63.0 Å². The summed E-state index contributed by atoms with van der Waals surface area (Å²) in [7, 11) is 0. The molecule has 14 heteroatoms. The second kappa shape index (κ2) is 15.2. The van der Waals surface area contributed by atoms with Crippen molar-refractivity contribution in [2.75, 3.05) is 6.54 Å². The van der Waals surface area contributed by atoms with E-state index < -0.39 is 76.6 Å².